The van der Waals surface area contributed by atoms with Gasteiger partial charge in [0, 0.05) is 44.0 Å². The number of carbonyl (C=O) groups is 1. The van der Waals surface area contributed by atoms with Crippen LogP contribution in [0.5, 0.6) is 0 Å². The van der Waals surface area contributed by atoms with Crippen molar-refractivity contribution in [1.29, 1.82) is 0 Å². The molecular weight excluding hydrogens is 475 g/mol. The molecule has 0 aromatic carbocycles. The van der Waals surface area contributed by atoms with Gasteiger partial charge in [0.25, 0.3) is 0 Å². The third-order valence-electron chi connectivity index (χ3n) is 6.88. The summed E-state index contributed by atoms with van der Waals surface area (Å²) in [7, 11) is 0. The molecule has 192 valence electrons. The Kier molecular flexibility index (Phi) is 6.56. The van der Waals surface area contributed by atoms with Crippen LogP contribution in [-0.4, -0.2) is 67.2 Å². The second-order valence-corrected chi connectivity index (χ2v) is 9.63. The van der Waals surface area contributed by atoms with Crippen molar-refractivity contribution in [3.63, 3.8) is 0 Å². The van der Waals surface area contributed by atoms with E-state index in [1.165, 1.54) is 18.6 Å². The van der Waals surface area contributed by atoms with Gasteiger partial charge in [-0.1, -0.05) is 6.07 Å². The second kappa shape index (κ2) is 9.66. The predicted octanol–water partition coefficient (Wildman–Crippen LogP) is 2.18. The smallest absolute Gasteiger partial charge is 0.391 e. The number of pyridine rings is 1. The third kappa shape index (κ3) is 5.29. The topological polar surface area (TPSA) is 113 Å². The van der Waals surface area contributed by atoms with E-state index in [0.29, 0.717) is 31.7 Å². The van der Waals surface area contributed by atoms with Gasteiger partial charge in [-0.3, -0.25) is 14.7 Å². The number of aliphatic hydroxyl groups is 1. The van der Waals surface area contributed by atoms with Gasteiger partial charge in [-0.05, 0) is 43.5 Å². The molecule has 3 aromatic heterocycles. The Morgan fingerprint density at radius 3 is 2.61 bits per heavy atom. The van der Waals surface area contributed by atoms with E-state index in [1.807, 2.05) is 21.7 Å². The minimum atomic E-state index is -4.47. The average Bonchev–Trinajstić information content (AvgIpc) is 3.59. The van der Waals surface area contributed by atoms with Gasteiger partial charge in [0.1, 0.15) is 23.5 Å². The van der Waals surface area contributed by atoms with Crippen LogP contribution in [0.15, 0.2) is 36.9 Å². The van der Waals surface area contributed by atoms with E-state index in [2.05, 4.69) is 19.9 Å². The highest BCUT2D eigenvalue weighted by molar-refractivity contribution is 5.88. The zero-order valence-corrected chi connectivity index (χ0v) is 19.6. The summed E-state index contributed by atoms with van der Waals surface area (Å²) in [6.45, 7) is 2.17. The Labute approximate surface area is 205 Å². The summed E-state index contributed by atoms with van der Waals surface area (Å²) < 4.78 is 40.7. The number of fused-ring (bicyclic) bond motifs is 1. The molecule has 1 amide bonds. The van der Waals surface area contributed by atoms with Gasteiger partial charge in [-0.2, -0.15) is 13.2 Å². The van der Waals surface area contributed by atoms with E-state index < -0.39 is 23.9 Å². The molecule has 2 fully saturated rings. The highest BCUT2D eigenvalue weighted by atomic mass is 19.4. The van der Waals surface area contributed by atoms with Crippen LogP contribution >= 0.6 is 0 Å². The number of carbonyl (C=O) groups excluding carboxylic acids is 1. The van der Waals surface area contributed by atoms with Crippen LogP contribution in [-0.2, 0) is 24.1 Å². The molecule has 5 rings (SSSR count). The highest BCUT2D eigenvalue weighted by Crippen LogP contribution is 2.36. The lowest BCUT2D eigenvalue weighted by Crippen LogP contribution is -2.47. The van der Waals surface area contributed by atoms with E-state index >= 15 is 0 Å². The molecule has 12 heteroatoms. The van der Waals surface area contributed by atoms with Gasteiger partial charge in [0.2, 0.25) is 5.91 Å². The number of aliphatic hydroxyl groups excluding tert-OH is 1. The molecule has 0 bridgehead atoms. The summed E-state index contributed by atoms with van der Waals surface area (Å²) in [5.41, 5.74) is 5.78. The molecule has 1 saturated heterocycles. The fourth-order valence-electron chi connectivity index (χ4n) is 4.89. The molecule has 9 nitrogen and oxygen atoms in total. The lowest BCUT2D eigenvalue weighted by molar-refractivity contribution is -0.141. The molecule has 36 heavy (non-hydrogen) atoms. The largest absolute Gasteiger partial charge is 0.433 e. The maximum atomic E-state index is 12.9. The van der Waals surface area contributed by atoms with E-state index in [4.69, 9.17) is 5.73 Å². The molecule has 3 aromatic rings. The summed E-state index contributed by atoms with van der Waals surface area (Å²) in [5.74, 6) is 0.326. The number of β-amino-alcohol motifs (C(OH)–C–C–N with tert-alkyl or cyclic N) is 1. The first kappa shape index (κ1) is 24.4. The zero-order chi connectivity index (χ0) is 25.4. The fraction of sp³-hybridized carbons (Fsp3) is 0.500. The molecule has 1 aliphatic carbocycles. The molecule has 1 aliphatic heterocycles. The minimum Gasteiger partial charge on any atom is -0.391 e. The molecule has 4 heterocycles. The third-order valence-corrected chi connectivity index (χ3v) is 6.88. The number of rotatable bonds is 8. The van der Waals surface area contributed by atoms with Crippen LogP contribution in [0.4, 0.5) is 19.0 Å². The number of halogens is 3. The van der Waals surface area contributed by atoms with Crippen molar-refractivity contribution in [2.24, 2.45) is 11.7 Å². The summed E-state index contributed by atoms with van der Waals surface area (Å²) in [6.07, 6.45) is 2.33. The van der Waals surface area contributed by atoms with E-state index in [1.54, 1.807) is 0 Å². The number of nitrogens with zero attached hydrogens (tertiary/aromatic N) is 6. The van der Waals surface area contributed by atoms with Gasteiger partial charge < -0.3 is 20.3 Å². The molecule has 0 radical (unpaired) electrons. The van der Waals surface area contributed by atoms with Gasteiger partial charge in [0.15, 0.2) is 0 Å². The average molecular weight is 504 g/mol. The van der Waals surface area contributed by atoms with Crippen LogP contribution in [0, 0.1) is 5.92 Å². The maximum absolute atomic E-state index is 12.9. The number of likely N-dealkylation sites (tertiary alicyclic amines) is 1. The summed E-state index contributed by atoms with van der Waals surface area (Å²) in [4.78, 5) is 27.8. The van der Waals surface area contributed by atoms with Crippen molar-refractivity contribution in [2.45, 2.75) is 50.7 Å². The Balaban J connectivity index is 1.34. The Morgan fingerprint density at radius 2 is 1.97 bits per heavy atom. The van der Waals surface area contributed by atoms with Gasteiger partial charge in [0.05, 0.1) is 18.0 Å². The molecule has 3 N–H and O–H groups in total. The number of hydrogen-bond donors (Lipinski definition) is 2. The predicted molar refractivity (Wildman–Crippen MR) is 126 cm³/mol. The second-order valence-electron chi connectivity index (χ2n) is 9.63. The van der Waals surface area contributed by atoms with Crippen molar-refractivity contribution >= 4 is 22.8 Å². The first-order chi connectivity index (χ1) is 17.2. The normalized spacial score (nSPS) is 21.1. The molecule has 1 saturated carbocycles. The highest BCUT2D eigenvalue weighted by Gasteiger charge is 2.34. The van der Waals surface area contributed by atoms with Crippen LogP contribution < -0.4 is 10.6 Å². The van der Waals surface area contributed by atoms with Crippen molar-refractivity contribution < 1.29 is 23.1 Å². The van der Waals surface area contributed by atoms with Crippen molar-refractivity contribution in [3.05, 3.63) is 48.2 Å². The fourth-order valence-corrected chi connectivity index (χ4v) is 4.89. The Morgan fingerprint density at radius 1 is 1.17 bits per heavy atom. The van der Waals surface area contributed by atoms with Crippen molar-refractivity contribution in [3.8, 4) is 0 Å². The number of nitrogens with two attached hydrogens (primary N) is 1. The SMILES string of the molecule is NC(=O)CN1CCC(Cn2ccc3c(N(Cc4ccc(C(F)(F)F)nc4)C4CC4)ncnc32)C(O)C1. The molecule has 2 aliphatic rings. The molecule has 2 atom stereocenters. The monoisotopic (exact) mass is 503 g/mol. The van der Waals surface area contributed by atoms with Crippen molar-refractivity contribution in [2.75, 3.05) is 24.5 Å². The lowest BCUT2D eigenvalue weighted by atomic mass is 9.93. The standard InChI is InChI=1S/C24H28F3N7O2/c25-24(26,27)20-4-1-15(9-29-20)10-34(17-2-3-17)23-18-6-8-33(22(18)30-14-31-23)11-16-5-7-32(12-19(16)35)13-21(28)36/h1,4,6,8-9,14,16-17,19,35H,2-3,5,7,10-13H2,(H2,28,36). The number of anilines is 1. The Hall–Kier alpha value is -3.25. The summed E-state index contributed by atoms with van der Waals surface area (Å²) in [6, 6.07) is 4.66. The van der Waals surface area contributed by atoms with E-state index in [-0.39, 0.29) is 18.5 Å². The van der Waals surface area contributed by atoms with Gasteiger partial charge >= 0.3 is 6.18 Å². The van der Waals surface area contributed by atoms with Gasteiger partial charge in [-0.25, -0.2) is 9.97 Å². The molecule has 0 spiro atoms. The first-order valence-electron chi connectivity index (χ1n) is 12.0. The Bertz CT molecular complexity index is 1230. The van der Waals surface area contributed by atoms with Crippen LogP contribution in [0.25, 0.3) is 11.0 Å². The number of alkyl halides is 3. The number of primary amides is 1. The number of aromatic nitrogens is 4. The van der Waals surface area contributed by atoms with Crippen LogP contribution in [0.1, 0.15) is 30.5 Å². The number of amides is 1. The van der Waals surface area contributed by atoms with Crippen molar-refractivity contribution in [1.82, 2.24) is 24.4 Å². The van der Waals surface area contributed by atoms with E-state index in [9.17, 15) is 23.1 Å². The zero-order valence-electron chi connectivity index (χ0n) is 19.6. The number of hydrogen-bond acceptors (Lipinski definition) is 7. The molecular formula is C24H28F3N7O2. The summed E-state index contributed by atoms with van der Waals surface area (Å²) >= 11 is 0. The molecule has 2 unspecified atom stereocenters. The minimum absolute atomic E-state index is 0.000832. The maximum Gasteiger partial charge on any atom is 0.433 e. The van der Waals surface area contributed by atoms with Crippen LogP contribution in [0.3, 0.4) is 0 Å². The quantitative estimate of drug-likeness (QED) is 0.485. The first-order valence-corrected chi connectivity index (χ1v) is 12.0. The summed E-state index contributed by atoms with van der Waals surface area (Å²) in [5, 5.41) is 11.5. The van der Waals surface area contributed by atoms with Gasteiger partial charge in [-0.15, -0.1) is 0 Å². The number of piperidine rings is 1. The van der Waals surface area contributed by atoms with Crippen LogP contribution in [0.2, 0.25) is 0 Å². The lowest BCUT2D eigenvalue weighted by Gasteiger charge is -2.35. The van der Waals surface area contributed by atoms with E-state index in [0.717, 1.165) is 42.2 Å².